The van der Waals surface area contributed by atoms with Crippen molar-refractivity contribution in [1.82, 2.24) is 0 Å². The Morgan fingerprint density at radius 2 is 2.33 bits per heavy atom. The number of oxime groups is 1. The molecule has 0 heterocycles. The highest BCUT2D eigenvalue weighted by atomic mass is 16.5. The van der Waals surface area contributed by atoms with Gasteiger partial charge in [-0.25, -0.2) is 0 Å². The van der Waals surface area contributed by atoms with Crippen molar-refractivity contribution in [3.8, 4) is 0 Å². The van der Waals surface area contributed by atoms with Gasteiger partial charge in [0.05, 0.1) is 7.11 Å². The van der Waals surface area contributed by atoms with E-state index in [0.717, 1.165) is 0 Å². The van der Waals surface area contributed by atoms with Gasteiger partial charge in [-0.1, -0.05) is 5.16 Å². The fourth-order valence-electron chi connectivity index (χ4n) is 0.0408. The largest absolute Gasteiger partial charge is 0.482 e. The molecule has 0 amide bonds. The fraction of sp³-hybridized carbons (Fsp3) is 0.667. The third kappa shape index (κ3) is 1.58. The molecule has 1 N–H and O–H groups in total. The normalized spacial score (nSPS) is 11.3. The molecule has 3 heteroatoms. The van der Waals surface area contributed by atoms with Crippen LogP contribution in [0.5, 0.6) is 0 Å². The topological polar surface area (TPSA) is 41.8 Å². The molecule has 0 aromatic heterocycles. The summed E-state index contributed by atoms with van der Waals surface area (Å²) in [4.78, 5) is 0. The molecule has 0 aromatic carbocycles. The monoisotopic (exact) mass is 89.0 g/mol. The highest BCUT2D eigenvalue weighted by molar-refractivity contribution is 5.71. The second-order valence-corrected chi connectivity index (χ2v) is 0.823. The van der Waals surface area contributed by atoms with Gasteiger partial charge >= 0.3 is 0 Å². The van der Waals surface area contributed by atoms with Crippen molar-refractivity contribution in [1.29, 1.82) is 0 Å². The summed E-state index contributed by atoms with van der Waals surface area (Å²) < 4.78 is 4.40. The van der Waals surface area contributed by atoms with Crippen LogP contribution in [-0.2, 0) is 4.74 Å². The molecular weight excluding hydrogens is 82.0 g/mol. The van der Waals surface area contributed by atoms with E-state index in [4.69, 9.17) is 5.21 Å². The van der Waals surface area contributed by atoms with Crippen molar-refractivity contribution in [2.75, 3.05) is 7.11 Å². The molecule has 0 unspecified atom stereocenters. The van der Waals surface area contributed by atoms with Crippen LogP contribution in [0.15, 0.2) is 5.16 Å². The number of hydrogen-bond acceptors (Lipinski definition) is 3. The second kappa shape index (κ2) is 2.50. The summed E-state index contributed by atoms with van der Waals surface area (Å²) in [5.74, 6) is 0.273. The van der Waals surface area contributed by atoms with Gasteiger partial charge in [0.2, 0.25) is 5.90 Å². The van der Waals surface area contributed by atoms with Crippen LogP contribution in [0.2, 0.25) is 0 Å². The van der Waals surface area contributed by atoms with Crippen molar-refractivity contribution in [2.45, 2.75) is 6.92 Å². The minimum atomic E-state index is 0.273. The number of rotatable bonds is 0. The van der Waals surface area contributed by atoms with Gasteiger partial charge in [0.1, 0.15) is 0 Å². The summed E-state index contributed by atoms with van der Waals surface area (Å²) in [6.45, 7) is 1.56. The summed E-state index contributed by atoms with van der Waals surface area (Å²) in [5, 5.41) is 10.5. The summed E-state index contributed by atoms with van der Waals surface area (Å²) in [6.07, 6.45) is 0. The quantitative estimate of drug-likeness (QED) is 0.202. The zero-order valence-electron chi connectivity index (χ0n) is 3.80. The Bertz CT molecular complexity index is 59.8. The smallest absolute Gasteiger partial charge is 0.221 e. The van der Waals surface area contributed by atoms with E-state index in [9.17, 15) is 0 Å². The van der Waals surface area contributed by atoms with Crippen LogP contribution >= 0.6 is 0 Å². The minimum absolute atomic E-state index is 0.273. The maximum Gasteiger partial charge on any atom is 0.221 e. The van der Waals surface area contributed by atoms with Crippen LogP contribution < -0.4 is 0 Å². The zero-order chi connectivity index (χ0) is 4.99. The molecule has 0 aliphatic carbocycles. The first-order chi connectivity index (χ1) is 2.81. The van der Waals surface area contributed by atoms with E-state index >= 15 is 0 Å². The van der Waals surface area contributed by atoms with E-state index in [2.05, 4.69) is 9.89 Å². The first-order valence-electron chi connectivity index (χ1n) is 1.54. The molecule has 0 aliphatic rings. The number of nitrogens with zero attached hydrogens (tertiary/aromatic N) is 1. The van der Waals surface area contributed by atoms with Crippen LogP contribution in [0.4, 0.5) is 0 Å². The summed E-state index contributed by atoms with van der Waals surface area (Å²) >= 11 is 0. The van der Waals surface area contributed by atoms with Crippen molar-refractivity contribution in [3.63, 3.8) is 0 Å². The van der Waals surface area contributed by atoms with Crippen molar-refractivity contribution in [2.24, 2.45) is 5.16 Å². The molecular formula is C3H7NO2. The average molecular weight is 89.1 g/mol. The lowest BCUT2D eigenvalue weighted by Gasteiger charge is -1.88. The highest BCUT2D eigenvalue weighted by Crippen LogP contribution is 1.69. The van der Waals surface area contributed by atoms with Crippen LogP contribution in [0.3, 0.4) is 0 Å². The van der Waals surface area contributed by atoms with Gasteiger partial charge in [0, 0.05) is 6.92 Å². The first kappa shape index (κ1) is 5.27. The van der Waals surface area contributed by atoms with E-state index in [1.165, 1.54) is 7.11 Å². The Labute approximate surface area is 36.2 Å². The molecule has 0 atom stereocenters. The Balaban J connectivity index is 3.22. The van der Waals surface area contributed by atoms with Crippen molar-refractivity contribution < 1.29 is 9.94 Å². The summed E-state index contributed by atoms with van der Waals surface area (Å²) in [5.41, 5.74) is 0. The summed E-state index contributed by atoms with van der Waals surface area (Å²) in [6, 6.07) is 0. The van der Waals surface area contributed by atoms with Crippen LogP contribution in [-0.4, -0.2) is 18.2 Å². The molecule has 3 nitrogen and oxygen atoms in total. The molecule has 0 spiro atoms. The van der Waals surface area contributed by atoms with Crippen molar-refractivity contribution in [3.05, 3.63) is 0 Å². The lowest BCUT2D eigenvalue weighted by molar-refractivity contribution is 0.285. The molecule has 0 aliphatic heterocycles. The SMILES string of the molecule is CO/C(C)=N/O. The van der Waals surface area contributed by atoms with Crippen LogP contribution in [0.25, 0.3) is 0 Å². The zero-order valence-corrected chi connectivity index (χ0v) is 3.80. The standard InChI is InChI=1S/C3H7NO2/c1-3(4-5)6-2/h5H,1-2H3/b4-3+. The molecule has 0 saturated heterocycles. The van der Waals surface area contributed by atoms with Crippen molar-refractivity contribution >= 4 is 5.90 Å². The Hall–Kier alpha value is -0.730. The molecule has 0 bridgehead atoms. The van der Waals surface area contributed by atoms with Gasteiger partial charge in [0.15, 0.2) is 0 Å². The van der Waals surface area contributed by atoms with E-state index in [1.807, 2.05) is 0 Å². The maximum absolute atomic E-state index is 7.80. The van der Waals surface area contributed by atoms with Crippen LogP contribution in [0.1, 0.15) is 6.92 Å². The predicted octanol–water partition coefficient (Wildman–Crippen LogP) is 0.440. The number of hydrogen-bond donors (Lipinski definition) is 1. The van der Waals surface area contributed by atoms with Gasteiger partial charge in [-0.15, -0.1) is 0 Å². The third-order valence-electron chi connectivity index (χ3n) is 0.436. The van der Waals surface area contributed by atoms with Gasteiger partial charge < -0.3 is 9.94 Å². The molecule has 0 saturated carbocycles. The van der Waals surface area contributed by atoms with Gasteiger partial charge in [-0.3, -0.25) is 0 Å². The van der Waals surface area contributed by atoms with Gasteiger partial charge in [-0.2, -0.15) is 0 Å². The fourth-order valence-corrected chi connectivity index (χ4v) is 0.0408. The predicted molar refractivity (Wildman–Crippen MR) is 21.9 cm³/mol. The van der Waals surface area contributed by atoms with E-state index in [-0.39, 0.29) is 5.90 Å². The van der Waals surface area contributed by atoms with Crippen LogP contribution in [0, 0.1) is 0 Å². The lowest BCUT2D eigenvalue weighted by Crippen LogP contribution is -1.91. The third-order valence-corrected chi connectivity index (χ3v) is 0.436. The molecule has 6 heavy (non-hydrogen) atoms. The summed E-state index contributed by atoms with van der Waals surface area (Å²) in [7, 11) is 1.44. The van der Waals surface area contributed by atoms with E-state index < -0.39 is 0 Å². The molecule has 0 rings (SSSR count). The Kier molecular flexibility index (Phi) is 2.20. The Morgan fingerprint density at radius 3 is 2.33 bits per heavy atom. The average Bonchev–Trinajstić information content (AvgIpc) is 1.65. The Morgan fingerprint density at radius 1 is 1.83 bits per heavy atom. The van der Waals surface area contributed by atoms with E-state index in [0.29, 0.717) is 0 Å². The second-order valence-electron chi connectivity index (χ2n) is 0.823. The number of methoxy groups -OCH3 is 1. The number of ether oxygens (including phenoxy) is 1. The van der Waals surface area contributed by atoms with Gasteiger partial charge in [-0.05, 0) is 0 Å². The lowest BCUT2D eigenvalue weighted by atomic mass is 10.8. The molecule has 0 aromatic rings. The van der Waals surface area contributed by atoms with Gasteiger partial charge in [0.25, 0.3) is 0 Å². The van der Waals surface area contributed by atoms with E-state index in [1.54, 1.807) is 6.92 Å². The first-order valence-corrected chi connectivity index (χ1v) is 1.54. The molecule has 0 radical (unpaired) electrons. The highest BCUT2D eigenvalue weighted by Gasteiger charge is 1.77. The minimum Gasteiger partial charge on any atom is -0.482 e. The molecule has 36 valence electrons. The molecule has 0 fully saturated rings. The maximum atomic E-state index is 7.80.